The maximum absolute atomic E-state index is 11.8. The third-order valence-corrected chi connectivity index (χ3v) is 5.70. The lowest BCUT2D eigenvalue weighted by Crippen LogP contribution is -3.13. The third kappa shape index (κ3) is 5.12. The Balaban J connectivity index is 1.84. The van der Waals surface area contributed by atoms with Crippen LogP contribution >= 0.6 is 0 Å². The molecule has 0 amide bonds. The van der Waals surface area contributed by atoms with E-state index in [1.54, 1.807) is 4.90 Å². The SMILES string of the molecule is CCCOc1ccc([C@](O)(CC[NH+]2CCCCC2)c2cccc(C)c2)cc1. The second-order valence-electron chi connectivity index (χ2n) is 7.91. The van der Waals surface area contributed by atoms with Crippen LogP contribution in [-0.2, 0) is 5.60 Å². The largest absolute Gasteiger partial charge is 0.494 e. The van der Waals surface area contributed by atoms with Gasteiger partial charge in [0.05, 0.1) is 26.2 Å². The molecule has 2 aromatic carbocycles. The Morgan fingerprint density at radius 2 is 1.74 bits per heavy atom. The highest BCUT2D eigenvalue weighted by Gasteiger charge is 2.33. The molecule has 1 aliphatic heterocycles. The molecule has 27 heavy (non-hydrogen) atoms. The number of nitrogens with one attached hydrogen (secondary N) is 1. The van der Waals surface area contributed by atoms with E-state index in [0.717, 1.165) is 42.9 Å². The fourth-order valence-electron chi connectivity index (χ4n) is 4.06. The van der Waals surface area contributed by atoms with E-state index in [2.05, 4.69) is 32.0 Å². The average molecular weight is 369 g/mol. The highest BCUT2D eigenvalue weighted by Crippen LogP contribution is 2.34. The van der Waals surface area contributed by atoms with Crippen molar-refractivity contribution in [3.05, 3.63) is 65.2 Å². The van der Waals surface area contributed by atoms with Gasteiger partial charge in [0.2, 0.25) is 0 Å². The molecular weight excluding hydrogens is 334 g/mol. The van der Waals surface area contributed by atoms with Gasteiger partial charge in [-0.05, 0) is 55.9 Å². The Morgan fingerprint density at radius 1 is 1.00 bits per heavy atom. The topological polar surface area (TPSA) is 33.9 Å². The number of ether oxygens (including phenoxy) is 1. The number of quaternary nitrogens is 1. The third-order valence-electron chi connectivity index (χ3n) is 5.70. The number of aliphatic hydroxyl groups is 1. The molecule has 3 nitrogen and oxygen atoms in total. The maximum atomic E-state index is 11.8. The van der Waals surface area contributed by atoms with E-state index < -0.39 is 5.60 Å². The molecule has 0 spiro atoms. The van der Waals surface area contributed by atoms with Crippen molar-refractivity contribution < 1.29 is 14.7 Å². The van der Waals surface area contributed by atoms with E-state index in [9.17, 15) is 5.11 Å². The summed E-state index contributed by atoms with van der Waals surface area (Å²) in [6, 6.07) is 16.3. The second-order valence-corrected chi connectivity index (χ2v) is 7.91. The van der Waals surface area contributed by atoms with E-state index in [1.807, 2.05) is 30.3 Å². The van der Waals surface area contributed by atoms with Crippen molar-refractivity contribution in [1.29, 1.82) is 0 Å². The van der Waals surface area contributed by atoms with Gasteiger partial charge in [-0.3, -0.25) is 0 Å². The molecule has 1 atom stereocenters. The van der Waals surface area contributed by atoms with Gasteiger partial charge in [0, 0.05) is 6.42 Å². The predicted octanol–water partition coefficient (Wildman–Crippen LogP) is 3.48. The monoisotopic (exact) mass is 368 g/mol. The molecular formula is C24H34NO2+. The minimum atomic E-state index is -0.959. The molecule has 3 rings (SSSR count). The Kier molecular flexibility index (Phi) is 6.92. The fourth-order valence-corrected chi connectivity index (χ4v) is 4.06. The lowest BCUT2D eigenvalue weighted by molar-refractivity contribution is -0.905. The molecule has 0 aliphatic carbocycles. The lowest BCUT2D eigenvalue weighted by Gasteiger charge is -2.32. The number of rotatable bonds is 8. The Hall–Kier alpha value is -1.84. The van der Waals surface area contributed by atoms with Crippen molar-refractivity contribution >= 4 is 0 Å². The number of benzene rings is 2. The van der Waals surface area contributed by atoms with Crippen LogP contribution in [0.2, 0.25) is 0 Å². The molecule has 0 saturated carbocycles. The molecule has 146 valence electrons. The van der Waals surface area contributed by atoms with E-state index in [-0.39, 0.29) is 0 Å². The zero-order valence-electron chi connectivity index (χ0n) is 16.8. The molecule has 1 fully saturated rings. The number of piperidine rings is 1. The molecule has 0 radical (unpaired) electrons. The molecule has 0 bridgehead atoms. The number of hydrogen-bond acceptors (Lipinski definition) is 2. The van der Waals surface area contributed by atoms with Gasteiger partial charge >= 0.3 is 0 Å². The van der Waals surface area contributed by atoms with Crippen LogP contribution in [-0.4, -0.2) is 31.3 Å². The summed E-state index contributed by atoms with van der Waals surface area (Å²) in [5.74, 6) is 0.869. The van der Waals surface area contributed by atoms with Gasteiger partial charge in [-0.1, -0.05) is 48.9 Å². The standard InChI is InChI=1S/C24H33NO2/c1-3-18-27-23-12-10-21(11-13-23)24(26,22-9-7-8-20(2)19-22)14-17-25-15-5-4-6-16-25/h7-13,19,26H,3-6,14-18H2,1-2H3/p+1/t24-/m1/s1. The van der Waals surface area contributed by atoms with E-state index >= 15 is 0 Å². The highest BCUT2D eigenvalue weighted by molar-refractivity contribution is 5.40. The molecule has 3 heteroatoms. The van der Waals surface area contributed by atoms with Gasteiger partial charge in [0.1, 0.15) is 11.4 Å². The summed E-state index contributed by atoms with van der Waals surface area (Å²) in [4.78, 5) is 1.62. The van der Waals surface area contributed by atoms with Crippen LogP contribution in [0.3, 0.4) is 0 Å². The Morgan fingerprint density at radius 3 is 2.41 bits per heavy atom. The fraction of sp³-hybridized carbons (Fsp3) is 0.500. The van der Waals surface area contributed by atoms with Crippen LogP contribution in [0.1, 0.15) is 55.7 Å². The normalized spacial score (nSPS) is 17.4. The van der Waals surface area contributed by atoms with Crippen LogP contribution in [0.25, 0.3) is 0 Å². The molecule has 2 N–H and O–H groups in total. The summed E-state index contributed by atoms with van der Waals surface area (Å²) in [6.07, 6.45) is 5.70. The first kappa shape index (κ1) is 19.9. The zero-order chi connectivity index (χ0) is 19.1. The molecule has 2 aromatic rings. The van der Waals surface area contributed by atoms with Gasteiger partial charge in [0.15, 0.2) is 0 Å². The summed E-state index contributed by atoms with van der Waals surface area (Å²) in [5.41, 5.74) is 2.16. The van der Waals surface area contributed by atoms with Gasteiger partial charge in [-0.2, -0.15) is 0 Å². The molecule has 1 saturated heterocycles. The highest BCUT2D eigenvalue weighted by atomic mass is 16.5. The van der Waals surface area contributed by atoms with Crippen molar-refractivity contribution in [1.82, 2.24) is 0 Å². The second kappa shape index (κ2) is 9.38. The van der Waals surface area contributed by atoms with Gasteiger partial charge in [0.25, 0.3) is 0 Å². The molecule has 0 unspecified atom stereocenters. The van der Waals surface area contributed by atoms with Crippen LogP contribution in [0.5, 0.6) is 5.75 Å². The minimum absolute atomic E-state index is 0.722. The summed E-state index contributed by atoms with van der Waals surface area (Å²) < 4.78 is 5.72. The van der Waals surface area contributed by atoms with Crippen LogP contribution in [0.15, 0.2) is 48.5 Å². The van der Waals surface area contributed by atoms with E-state index in [4.69, 9.17) is 4.74 Å². The quantitative estimate of drug-likeness (QED) is 0.748. The first-order valence-electron chi connectivity index (χ1n) is 10.5. The van der Waals surface area contributed by atoms with Crippen molar-refractivity contribution in [3.8, 4) is 5.75 Å². The van der Waals surface area contributed by atoms with Crippen LogP contribution in [0.4, 0.5) is 0 Å². The Bertz CT molecular complexity index is 707. The molecule has 1 aliphatic rings. The van der Waals surface area contributed by atoms with Gasteiger partial charge < -0.3 is 14.7 Å². The Labute approximate surface area is 164 Å². The lowest BCUT2D eigenvalue weighted by atomic mass is 9.82. The first-order chi connectivity index (χ1) is 13.1. The van der Waals surface area contributed by atoms with E-state index in [0.29, 0.717) is 0 Å². The maximum Gasteiger partial charge on any atom is 0.120 e. The minimum Gasteiger partial charge on any atom is -0.494 e. The number of aryl methyl sites for hydroxylation is 1. The number of hydrogen-bond donors (Lipinski definition) is 2. The molecule has 1 heterocycles. The van der Waals surface area contributed by atoms with Gasteiger partial charge in [-0.25, -0.2) is 0 Å². The molecule has 0 aromatic heterocycles. The number of likely N-dealkylation sites (tertiary alicyclic amines) is 1. The van der Waals surface area contributed by atoms with Crippen LogP contribution < -0.4 is 9.64 Å². The van der Waals surface area contributed by atoms with E-state index in [1.165, 1.54) is 37.9 Å². The first-order valence-corrected chi connectivity index (χ1v) is 10.5. The van der Waals surface area contributed by atoms with Crippen molar-refractivity contribution in [3.63, 3.8) is 0 Å². The summed E-state index contributed by atoms with van der Waals surface area (Å²) in [5, 5.41) is 11.8. The predicted molar refractivity (Wildman–Crippen MR) is 110 cm³/mol. The van der Waals surface area contributed by atoms with Gasteiger partial charge in [-0.15, -0.1) is 0 Å². The van der Waals surface area contributed by atoms with Crippen molar-refractivity contribution in [2.75, 3.05) is 26.2 Å². The summed E-state index contributed by atoms with van der Waals surface area (Å²) in [7, 11) is 0. The summed E-state index contributed by atoms with van der Waals surface area (Å²) >= 11 is 0. The van der Waals surface area contributed by atoms with Crippen molar-refractivity contribution in [2.45, 2.75) is 51.6 Å². The summed E-state index contributed by atoms with van der Waals surface area (Å²) in [6.45, 7) is 8.37. The average Bonchev–Trinajstić information content (AvgIpc) is 2.71. The van der Waals surface area contributed by atoms with Crippen LogP contribution in [0, 0.1) is 6.92 Å². The smallest absolute Gasteiger partial charge is 0.120 e. The zero-order valence-corrected chi connectivity index (χ0v) is 16.8. The van der Waals surface area contributed by atoms with Crippen molar-refractivity contribution in [2.24, 2.45) is 0 Å².